The lowest BCUT2D eigenvalue weighted by atomic mass is 10.1. The zero-order valence-corrected chi connectivity index (χ0v) is 14.3. The van der Waals surface area contributed by atoms with Gasteiger partial charge in [-0.05, 0) is 6.26 Å². The molecule has 0 saturated carbocycles. The number of ether oxygens (including phenoxy) is 1. The van der Waals surface area contributed by atoms with E-state index in [-0.39, 0.29) is 27.9 Å². The number of H-pyrrole nitrogens is 1. The lowest BCUT2D eigenvalue weighted by Gasteiger charge is -2.18. The maximum atomic E-state index is 12.6. The molecule has 1 fully saturated rings. The number of nitrogens with two attached hydrogens (primary N) is 1. The van der Waals surface area contributed by atoms with Gasteiger partial charge in [0, 0.05) is 0 Å². The molecule has 0 aromatic carbocycles. The number of aliphatic hydroxyl groups excluding tert-OH is 3. The molecule has 4 atom stereocenters. The van der Waals surface area contributed by atoms with Crippen LogP contribution in [0.1, 0.15) is 6.23 Å². The summed E-state index contributed by atoms with van der Waals surface area (Å²) in [6.07, 6.45) is -1.79. The summed E-state index contributed by atoms with van der Waals surface area (Å²) >= 11 is 1.23. The second-order valence-electron chi connectivity index (χ2n) is 5.83. The van der Waals surface area contributed by atoms with Gasteiger partial charge in [-0.15, -0.1) is 0 Å². The molecule has 3 aromatic rings. The third-order valence-corrected chi connectivity index (χ3v) is 4.99. The average molecular weight is 380 g/mol. The Kier molecular flexibility index (Phi) is 4.08. The molecule has 26 heavy (non-hydrogen) atoms. The molecular formula is C14H16N6O5S. The van der Waals surface area contributed by atoms with Crippen molar-refractivity contribution in [2.45, 2.75) is 29.7 Å². The van der Waals surface area contributed by atoms with Gasteiger partial charge in [-0.25, -0.2) is 15.0 Å². The summed E-state index contributed by atoms with van der Waals surface area (Å²) in [4.78, 5) is 27.7. The van der Waals surface area contributed by atoms with E-state index in [1.54, 1.807) is 6.26 Å². The molecule has 0 radical (unpaired) electrons. The second kappa shape index (κ2) is 6.17. The smallest absolute Gasteiger partial charge is 0.261 e. The molecule has 0 spiro atoms. The first kappa shape index (κ1) is 17.2. The van der Waals surface area contributed by atoms with Gasteiger partial charge in [-0.3, -0.25) is 9.36 Å². The Balaban J connectivity index is 2.09. The molecule has 1 aliphatic rings. The maximum Gasteiger partial charge on any atom is 0.261 e. The van der Waals surface area contributed by atoms with Crippen molar-refractivity contribution in [3.8, 4) is 0 Å². The number of hydrogen-bond acceptors (Lipinski definition) is 10. The van der Waals surface area contributed by atoms with E-state index in [1.807, 2.05) is 0 Å². The molecule has 4 heterocycles. The first-order chi connectivity index (χ1) is 12.5. The summed E-state index contributed by atoms with van der Waals surface area (Å²) in [5.41, 5.74) is 5.94. The largest absolute Gasteiger partial charge is 0.394 e. The number of aliphatic hydroxyl groups is 3. The highest BCUT2D eigenvalue weighted by molar-refractivity contribution is 7.98. The summed E-state index contributed by atoms with van der Waals surface area (Å²) in [5, 5.41) is 30.6. The van der Waals surface area contributed by atoms with Crippen molar-refractivity contribution in [1.29, 1.82) is 0 Å². The van der Waals surface area contributed by atoms with Gasteiger partial charge in [-0.2, -0.15) is 0 Å². The Bertz CT molecular complexity index is 1050. The van der Waals surface area contributed by atoms with Gasteiger partial charge >= 0.3 is 0 Å². The summed E-state index contributed by atoms with van der Waals surface area (Å²) in [5.74, 6) is 0.0784. The van der Waals surface area contributed by atoms with Gasteiger partial charge in [0.25, 0.3) is 5.56 Å². The van der Waals surface area contributed by atoms with Crippen LogP contribution in [0.3, 0.4) is 0 Å². The van der Waals surface area contributed by atoms with Gasteiger partial charge < -0.3 is 30.8 Å². The van der Waals surface area contributed by atoms with Crippen LogP contribution in [0.15, 0.2) is 16.3 Å². The van der Waals surface area contributed by atoms with Crippen molar-refractivity contribution in [2.75, 3.05) is 18.6 Å². The van der Waals surface area contributed by atoms with E-state index in [2.05, 4.69) is 19.9 Å². The second-order valence-corrected chi connectivity index (χ2v) is 6.63. The minimum Gasteiger partial charge on any atom is -0.394 e. The molecule has 0 bridgehead atoms. The topological polar surface area (TPSA) is 172 Å². The van der Waals surface area contributed by atoms with Crippen LogP contribution in [-0.2, 0) is 4.74 Å². The van der Waals surface area contributed by atoms with E-state index in [1.165, 1.54) is 22.7 Å². The van der Waals surface area contributed by atoms with Crippen molar-refractivity contribution in [2.24, 2.45) is 0 Å². The number of thioether (sulfide) groups is 1. The van der Waals surface area contributed by atoms with Crippen LogP contribution < -0.4 is 11.3 Å². The molecule has 0 amide bonds. The molecule has 12 heteroatoms. The van der Waals surface area contributed by atoms with E-state index in [0.717, 1.165) is 0 Å². The first-order valence-electron chi connectivity index (χ1n) is 7.68. The predicted octanol–water partition coefficient (Wildman–Crippen LogP) is -1.42. The highest BCUT2D eigenvalue weighted by Crippen LogP contribution is 2.37. The van der Waals surface area contributed by atoms with Crippen molar-refractivity contribution >= 4 is 39.6 Å². The molecule has 6 N–H and O–H groups in total. The van der Waals surface area contributed by atoms with Gasteiger partial charge in [-0.1, -0.05) is 11.8 Å². The van der Waals surface area contributed by atoms with Crippen LogP contribution in [0.25, 0.3) is 22.1 Å². The van der Waals surface area contributed by atoms with E-state index in [4.69, 9.17) is 10.5 Å². The van der Waals surface area contributed by atoms with E-state index >= 15 is 0 Å². The molecule has 3 aromatic heterocycles. The van der Waals surface area contributed by atoms with Crippen molar-refractivity contribution in [3.05, 3.63) is 16.7 Å². The summed E-state index contributed by atoms with van der Waals surface area (Å²) in [6.45, 7) is -0.479. The van der Waals surface area contributed by atoms with E-state index in [0.29, 0.717) is 5.16 Å². The lowest BCUT2D eigenvalue weighted by molar-refractivity contribution is -0.0492. The number of nitrogens with zero attached hydrogens (tertiary/aromatic N) is 4. The SMILES string of the molecule is CSc1nc2c(c(=O)[nH]1)c1c(N)ncnc1n2C1O[C@H](CO)[C@@H](O)[C@H]1O. The van der Waals surface area contributed by atoms with Crippen molar-refractivity contribution < 1.29 is 20.1 Å². The number of aromatic amines is 1. The summed E-state index contributed by atoms with van der Waals surface area (Å²) in [6, 6.07) is 0. The van der Waals surface area contributed by atoms with Gasteiger partial charge in [0.05, 0.1) is 17.4 Å². The van der Waals surface area contributed by atoms with Crippen LogP contribution in [0.2, 0.25) is 0 Å². The van der Waals surface area contributed by atoms with Crippen LogP contribution in [0.4, 0.5) is 5.82 Å². The predicted molar refractivity (Wildman–Crippen MR) is 92.7 cm³/mol. The number of fused-ring (bicyclic) bond motifs is 3. The maximum absolute atomic E-state index is 12.6. The van der Waals surface area contributed by atoms with Gasteiger partial charge in [0.1, 0.15) is 36.1 Å². The van der Waals surface area contributed by atoms with Gasteiger partial charge in [0.15, 0.2) is 17.0 Å². The summed E-state index contributed by atoms with van der Waals surface area (Å²) < 4.78 is 7.01. The van der Waals surface area contributed by atoms with Gasteiger partial charge in [0.2, 0.25) is 0 Å². The number of aromatic nitrogens is 5. The lowest BCUT2D eigenvalue weighted by Crippen LogP contribution is -2.33. The fraction of sp³-hybridized carbons (Fsp3) is 0.429. The molecule has 1 unspecified atom stereocenters. The monoisotopic (exact) mass is 380 g/mol. The minimum atomic E-state index is -1.36. The Morgan fingerprint density at radius 3 is 2.73 bits per heavy atom. The van der Waals surface area contributed by atoms with Crippen LogP contribution in [0, 0.1) is 0 Å². The Hall–Kier alpha value is -2.25. The zero-order chi connectivity index (χ0) is 18.6. The van der Waals surface area contributed by atoms with Crippen LogP contribution in [0.5, 0.6) is 0 Å². The highest BCUT2D eigenvalue weighted by Gasteiger charge is 2.45. The van der Waals surface area contributed by atoms with Crippen molar-refractivity contribution in [1.82, 2.24) is 24.5 Å². The summed E-state index contributed by atoms with van der Waals surface area (Å²) in [7, 11) is 0. The fourth-order valence-corrected chi connectivity index (χ4v) is 3.56. The van der Waals surface area contributed by atoms with Crippen LogP contribution in [-0.4, -0.2) is 71.0 Å². The molecule has 138 valence electrons. The molecule has 4 rings (SSSR count). The van der Waals surface area contributed by atoms with E-state index in [9.17, 15) is 20.1 Å². The van der Waals surface area contributed by atoms with Crippen molar-refractivity contribution in [3.63, 3.8) is 0 Å². The Labute approximate surface area is 149 Å². The third kappa shape index (κ3) is 2.30. The molecule has 0 aliphatic carbocycles. The standard InChI is InChI=1S/C14H16N6O5S/c1-26-14-18-11-6(12(24)19-14)5-9(15)16-3-17-10(5)20(11)13-8(23)7(22)4(2-21)25-13/h3-4,7-8,13,21-23H,2H2,1H3,(H2,15,16,17)(H,18,19,24)/t4-,7-,8-,13?/m1/s1. The molecule has 1 saturated heterocycles. The third-order valence-electron chi connectivity index (χ3n) is 4.41. The molecule has 11 nitrogen and oxygen atoms in total. The quantitative estimate of drug-likeness (QED) is 0.268. The normalized spacial score (nSPS) is 26.2. The highest BCUT2D eigenvalue weighted by atomic mass is 32.2. The number of anilines is 1. The van der Waals surface area contributed by atoms with Crippen LogP contribution >= 0.6 is 11.8 Å². The number of hydrogen-bond donors (Lipinski definition) is 5. The zero-order valence-electron chi connectivity index (χ0n) is 13.5. The average Bonchev–Trinajstić information content (AvgIpc) is 3.11. The number of rotatable bonds is 3. The number of nitrogens with one attached hydrogen (secondary N) is 1. The fourth-order valence-electron chi connectivity index (χ4n) is 3.18. The molecular weight excluding hydrogens is 364 g/mol. The number of nitrogen functional groups attached to an aromatic ring is 1. The Morgan fingerprint density at radius 2 is 2.08 bits per heavy atom. The molecule has 1 aliphatic heterocycles. The van der Waals surface area contributed by atoms with E-state index < -0.39 is 36.7 Å². The Morgan fingerprint density at radius 1 is 1.31 bits per heavy atom. The minimum absolute atomic E-state index is 0.0784. The first-order valence-corrected chi connectivity index (χ1v) is 8.91.